The van der Waals surface area contributed by atoms with E-state index in [1.165, 1.54) is 10.9 Å². The third kappa shape index (κ3) is 2.67. The van der Waals surface area contributed by atoms with Gasteiger partial charge in [0.2, 0.25) is 0 Å². The maximum absolute atomic E-state index is 11.5. The molecule has 1 aromatic heterocycles. The first-order valence-corrected chi connectivity index (χ1v) is 4.97. The van der Waals surface area contributed by atoms with Crippen LogP contribution in [0.3, 0.4) is 0 Å². The molecule has 0 fully saturated rings. The first-order chi connectivity index (χ1) is 7.60. The molecule has 0 aromatic carbocycles. The van der Waals surface area contributed by atoms with Crippen LogP contribution in [-0.2, 0) is 11.8 Å². The summed E-state index contributed by atoms with van der Waals surface area (Å²) in [4.78, 5) is 11.5. The van der Waals surface area contributed by atoms with Crippen molar-refractivity contribution in [3.05, 3.63) is 11.8 Å². The number of thiocarbonyl (C=S) groups is 1. The lowest BCUT2D eigenvalue weighted by Gasteiger charge is -2.09. The molecule has 8 heteroatoms. The van der Waals surface area contributed by atoms with E-state index in [2.05, 4.69) is 15.8 Å². The third-order valence-corrected chi connectivity index (χ3v) is 2.02. The molecule has 0 aliphatic heterocycles. The summed E-state index contributed by atoms with van der Waals surface area (Å²) in [5.41, 5.74) is 2.56. The number of rotatable bonds is 3. The molecule has 0 saturated heterocycles. The summed E-state index contributed by atoms with van der Waals surface area (Å²) in [6.07, 6.45) is 1.40. The molecule has 0 atom stereocenters. The lowest BCUT2D eigenvalue weighted by atomic mass is 10.3. The Labute approximate surface area is 97.9 Å². The van der Waals surface area contributed by atoms with E-state index >= 15 is 0 Å². The van der Waals surface area contributed by atoms with Crippen molar-refractivity contribution in [2.45, 2.75) is 6.92 Å². The van der Waals surface area contributed by atoms with Crippen LogP contribution in [0.2, 0.25) is 0 Å². The molecular weight excluding hydrogens is 230 g/mol. The zero-order valence-corrected chi connectivity index (χ0v) is 9.80. The minimum Gasteiger partial charge on any atom is -0.462 e. The molecule has 0 radical (unpaired) electrons. The van der Waals surface area contributed by atoms with Crippen molar-refractivity contribution in [3.63, 3.8) is 0 Å². The number of carbonyl (C=O) groups is 1. The molecule has 0 bridgehead atoms. The number of nitrogens with one attached hydrogen (secondary N) is 2. The van der Waals surface area contributed by atoms with E-state index in [9.17, 15) is 4.79 Å². The fourth-order valence-corrected chi connectivity index (χ4v) is 1.18. The molecule has 0 aliphatic carbocycles. The summed E-state index contributed by atoms with van der Waals surface area (Å²) in [7, 11) is 1.67. The zero-order chi connectivity index (χ0) is 12.1. The van der Waals surface area contributed by atoms with Crippen molar-refractivity contribution in [2.75, 3.05) is 11.9 Å². The number of hydrazine groups is 1. The molecule has 7 nitrogen and oxygen atoms in total. The lowest BCUT2D eigenvalue weighted by Crippen LogP contribution is -2.35. The maximum atomic E-state index is 11.5. The predicted octanol–water partition coefficient (Wildman–Crippen LogP) is -0.243. The van der Waals surface area contributed by atoms with E-state index in [0.717, 1.165) is 0 Å². The number of hydrogen-bond donors (Lipinski definition) is 3. The molecule has 1 aromatic rings. The summed E-state index contributed by atoms with van der Waals surface area (Å²) in [5.74, 6) is 5.10. The summed E-state index contributed by atoms with van der Waals surface area (Å²) in [6.45, 7) is 2.03. The van der Waals surface area contributed by atoms with Gasteiger partial charge in [0, 0.05) is 7.05 Å². The second-order valence-corrected chi connectivity index (χ2v) is 3.26. The van der Waals surface area contributed by atoms with Crippen LogP contribution in [0.5, 0.6) is 0 Å². The SMILES string of the molecule is CCOC(=O)c1cnn(C)c1NC(=S)NN. The van der Waals surface area contributed by atoms with Gasteiger partial charge in [-0.05, 0) is 19.1 Å². The van der Waals surface area contributed by atoms with Gasteiger partial charge in [-0.1, -0.05) is 0 Å². The molecule has 1 rings (SSSR count). The Kier molecular flexibility index (Phi) is 4.20. The highest BCUT2D eigenvalue weighted by Crippen LogP contribution is 2.14. The van der Waals surface area contributed by atoms with Gasteiger partial charge in [-0.25, -0.2) is 10.6 Å². The molecule has 0 unspecified atom stereocenters. The number of nitrogens with two attached hydrogens (primary N) is 1. The molecule has 0 spiro atoms. The second kappa shape index (κ2) is 5.42. The van der Waals surface area contributed by atoms with Gasteiger partial charge in [0.05, 0.1) is 12.8 Å². The van der Waals surface area contributed by atoms with Crippen LogP contribution in [0.1, 0.15) is 17.3 Å². The van der Waals surface area contributed by atoms with Crippen LogP contribution >= 0.6 is 12.2 Å². The number of nitrogens with zero attached hydrogens (tertiary/aromatic N) is 2. The van der Waals surface area contributed by atoms with Crippen molar-refractivity contribution in [3.8, 4) is 0 Å². The molecule has 88 valence electrons. The smallest absolute Gasteiger partial charge is 0.343 e. The maximum Gasteiger partial charge on any atom is 0.343 e. The highest BCUT2D eigenvalue weighted by Gasteiger charge is 2.17. The van der Waals surface area contributed by atoms with Gasteiger partial charge in [-0.2, -0.15) is 5.10 Å². The van der Waals surface area contributed by atoms with E-state index < -0.39 is 5.97 Å². The topological polar surface area (TPSA) is 94.2 Å². The van der Waals surface area contributed by atoms with Crippen LogP contribution in [0.25, 0.3) is 0 Å². The third-order valence-electron chi connectivity index (χ3n) is 1.80. The van der Waals surface area contributed by atoms with E-state index in [1.807, 2.05) is 0 Å². The first kappa shape index (κ1) is 12.4. The quantitative estimate of drug-likeness (QED) is 0.292. The monoisotopic (exact) mass is 243 g/mol. The molecule has 4 N–H and O–H groups in total. The van der Waals surface area contributed by atoms with E-state index in [4.69, 9.17) is 22.8 Å². The fraction of sp³-hybridized carbons (Fsp3) is 0.375. The Morgan fingerprint density at radius 1 is 1.75 bits per heavy atom. The average molecular weight is 243 g/mol. The Morgan fingerprint density at radius 3 is 3.00 bits per heavy atom. The minimum absolute atomic E-state index is 0.189. The molecule has 1 heterocycles. The van der Waals surface area contributed by atoms with Crippen LogP contribution in [0, 0.1) is 0 Å². The van der Waals surface area contributed by atoms with Crippen LogP contribution in [0.15, 0.2) is 6.20 Å². The lowest BCUT2D eigenvalue weighted by molar-refractivity contribution is 0.0527. The van der Waals surface area contributed by atoms with Crippen molar-refractivity contribution in [1.29, 1.82) is 0 Å². The summed E-state index contributed by atoms with van der Waals surface area (Å²) in [5, 5.41) is 6.86. The van der Waals surface area contributed by atoms with Crippen molar-refractivity contribution < 1.29 is 9.53 Å². The zero-order valence-electron chi connectivity index (χ0n) is 8.98. The number of aryl methyl sites for hydroxylation is 1. The van der Waals surface area contributed by atoms with Crippen molar-refractivity contribution in [2.24, 2.45) is 12.9 Å². The number of aromatic nitrogens is 2. The number of ether oxygens (including phenoxy) is 1. The van der Waals surface area contributed by atoms with Gasteiger partial charge in [0.15, 0.2) is 5.11 Å². The van der Waals surface area contributed by atoms with Crippen molar-refractivity contribution >= 4 is 29.1 Å². The van der Waals surface area contributed by atoms with E-state index in [-0.39, 0.29) is 5.11 Å². The number of hydrogen-bond acceptors (Lipinski definition) is 5. The Balaban J connectivity index is 2.93. The number of esters is 1. The van der Waals surface area contributed by atoms with E-state index in [1.54, 1.807) is 14.0 Å². The largest absolute Gasteiger partial charge is 0.462 e. The highest BCUT2D eigenvalue weighted by atomic mass is 32.1. The average Bonchev–Trinajstić information content (AvgIpc) is 2.61. The molecule has 16 heavy (non-hydrogen) atoms. The van der Waals surface area contributed by atoms with E-state index in [0.29, 0.717) is 18.0 Å². The van der Waals surface area contributed by atoms with Gasteiger partial charge in [0.1, 0.15) is 11.4 Å². The van der Waals surface area contributed by atoms with Gasteiger partial charge in [-0.15, -0.1) is 0 Å². The normalized spacial score (nSPS) is 9.69. The van der Waals surface area contributed by atoms with Gasteiger partial charge in [-0.3, -0.25) is 4.68 Å². The number of carbonyl (C=O) groups excluding carboxylic acids is 1. The molecule has 0 amide bonds. The van der Waals surface area contributed by atoms with Crippen LogP contribution < -0.4 is 16.6 Å². The molecular formula is C8H13N5O2S. The Bertz CT molecular complexity index is 403. The van der Waals surface area contributed by atoms with Crippen LogP contribution in [-0.4, -0.2) is 27.5 Å². The fourth-order valence-electron chi connectivity index (χ4n) is 1.09. The summed E-state index contributed by atoms with van der Waals surface area (Å²) >= 11 is 4.83. The van der Waals surface area contributed by atoms with Crippen LogP contribution in [0.4, 0.5) is 5.82 Å². The van der Waals surface area contributed by atoms with Crippen molar-refractivity contribution in [1.82, 2.24) is 15.2 Å². The Hall–Kier alpha value is -1.67. The Morgan fingerprint density at radius 2 is 2.44 bits per heavy atom. The first-order valence-electron chi connectivity index (χ1n) is 4.56. The second-order valence-electron chi connectivity index (χ2n) is 2.85. The molecule has 0 saturated carbocycles. The summed E-state index contributed by atoms with van der Waals surface area (Å²) in [6, 6.07) is 0. The minimum atomic E-state index is -0.460. The van der Waals surface area contributed by atoms with Gasteiger partial charge in [0.25, 0.3) is 0 Å². The highest BCUT2D eigenvalue weighted by molar-refractivity contribution is 7.80. The van der Waals surface area contributed by atoms with Gasteiger partial charge < -0.3 is 15.5 Å². The summed E-state index contributed by atoms with van der Waals surface area (Å²) < 4.78 is 6.34. The molecule has 0 aliphatic rings. The number of anilines is 1. The standard InChI is InChI=1S/C8H13N5O2S/c1-3-15-7(14)5-4-10-13(2)6(5)11-8(16)12-9/h4H,3,9H2,1-2H3,(H2,11,12,16). The predicted molar refractivity (Wildman–Crippen MR) is 62.7 cm³/mol. The van der Waals surface area contributed by atoms with Gasteiger partial charge >= 0.3 is 5.97 Å².